The highest BCUT2D eigenvalue weighted by molar-refractivity contribution is 9.10. The van der Waals surface area contributed by atoms with Crippen molar-refractivity contribution >= 4 is 27.7 Å². The van der Waals surface area contributed by atoms with Crippen LogP contribution in [0.2, 0.25) is 0 Å². The molecule has 0 saturated heterocycles. The molecule has 0 saturated carbocycles. The molecule has 0 atom stereocenters. The van der Waals surface area contributed by atoms with Gasteiger partial charge < -0.3 is 4.52 Å². The molecule has 4 nitrogen and oxygen atoms in total. The zero-order valence-corrected chi connectivity index (χ0v) is 13.2. The third-order valence-corrected chi connectivity index (χ3v) is 4.27. The molecule has 1 aromatic carbocycles. The van der Waals surface area contributed by atoms with Crippen LogP contribution in [0.25, 0.3) is 5.69 Å². The van der Waals surface area contributed by atoms with E-state index < -0.39 is 0 Å². The van der Waals surface area contributed by atoms with Gasteiger partial charge in [0.2, 0.25) is 0 Å². The Morgan fingerprint density at radius 3 is 2.80 bits per heavy atom. The number of hydrogen-bond donors (Lipinski definition) is 0. The molecule has 2 aromatic heterocycles. The lowest BCUT2D eigenvalue weighted by molar-refractivity contribution is 0.393. The maximum Gasteiger partial charge on any atom is 0.172 e. The van der Waals surface area contributed by atoms with Gasteiger partial charge in [-0.15, -0.1) is 0 Å². The van der Waals surface area contributed by atoms with Crippen molar-refractivity contribution in [3.63, 3.8) is 0 Å². The molecule has 0 spiro atoms. The Hall–Kier alpha value is -1.53. The van der Waals surface area contributed by atoms with Crippen molar-refractivity contribution in [3.05, 3.63) is 58.7 Å². The number of rotatable bonds is 4. The molecule has 0 aliphatic carbocycles. The van der Waals surface area contributed by atoms with Crippen LogP contribution in [0.4, 0.5) is 0 Å². The van der Waals surface area contributed by atoms with Crippen LogP contribution in [0.3, 0.4) is 0 Å². The molecular weight excluding hydrogens is 338 g/mol. The molecule has 3 rings (SSSR count). The van der Waals surface area contributed by atoms with Crippen LogP contribution < -0.4 is 0 Å². The van der Waals surface area contributed by atoms with E-state index in [0.29, 0.717) is 0 Å². The van der Waals surface area contributed by atoms with Crippen LogP contribution in [0.5, 0.6) is 0 Å². The highest BCUT2D eigenvalue weighted by atomic mass is 79.9. The van der Waals surface area contributed by atoms with Gasteiger partial charge in [0.05, 0.1) is 5.69 Å². The second-order valence-electron chi connectivity index (χ2n) is 4.27. The van der Waals surface area contributed by atoms with Gasteiger partial charge in [-0.2, -0.15) is 0 Å². The van der Waals surface area contributed by atoms with E-state index in [1.54, 1.807) is 18.0 Å². The van der Waals surface area contributed by atoms with Crippen LogP contribution in [0.1, 0.15) is 11.5 Å². The van der Waals surface area contributed by atoms with Crippen molar-refractivity contribution < 1.29 is 4.52 Å². The summed E-state index contributed by atoms with van der Waals surface area (Å²) in [5, 5.41) is 4.93. The summed E-state index contributed by atoms with van der Waals surface area (Å²) in [5.41, 5.74) is 2.02. The highest BCUT2D eigenvalue weighted by Gasteiger charge is 2.08. The molecule has 6 heteroatoms. The molecule has 0 radical (unpaired) electrons. The lowest BCUT2D eigenvalue weighted by Crippen LogP contribution is -1.95. The molecule has 0 aliphatic rings. The average molecular weight is 350 g/mol. The molecule has 102 valence electrons. The van der Waals surface area contributed by atoms with Gasteiger partial charge in [-0.3, -0.25) is 4.57 Å². The predicted octanol–water partition coefficient (Wildman–Crippen LogP) is 4.22. The molecule has 0 N–H and O–H groups in total. The SMILES string of the molecule is Cc1cc(CSc2nccn2-c2ccc(Br)cc2)no1. The summed E-state index contributed by atoms with van der Waals surface area (Å²) in [6.45, 7) is 1.89. The predicted molar refractivity (Wildman–Crippen MR) is 82.1 cm³/mol. The number of thioether (sulfide) groups is 1. The number of aryl methyl sites for hydroxylation is 1. The molecule has 0 fully saturated rings. The zero-order chi connectivity index (χ0) is 13.9. The Kier molecular flexibility index (Phi) is 3.93. The fraction of sp³-hybridized carbons (Fsp3) is 0.143. The summed E-state index contributed by atoms with van der Waals surface area (Å²) in [7, 11) is 0. The van der Waals surface area contributed by atoms with Gasteiger partial charge in [0.25, 0.3) is 0 Å². The van der Waals surface area contributed by atoms with E-state index >= 15 is 0 Å². The summed E-state index contributed by atoms with van der Waals surface area (Å²) < 4.78 is 8.19. The number of halogens is 1. The minimum atomic E-state index is 0.741. The van der Waals surface area contributed by atoms with E-state index in [-0.39, 0.29) is 0 Å². The first-order valence-corrected chi connectivity index (χ1v) is 7.84. The van der Waals surface area contributed by atoms with E-state index in [0.717, 1.165) is 32.5 Å². The second-order valence-corrected chi connectivity index (χ2v) is 6.13. The third kappa shape index (κ3) is 2.96. The lowest BCUT2D eigenvalue weighted by atomic mass is 10.3. The minimum Gasteiger partial charge on any atom is -0.361 e. The molecular formula is C14H12BrN3OS. The number of hydrogen-bond acceptors (Lipinski definition) is 4. The monoisotopic (exact) mass is 349 g/mol. The molecule has 3 aromatic rings. The van der Waals surface area contributed by atoms with Crippen molar-refractivity contribution in [3.8, 4) is 5.69 Å². The van der Waals surface area contributed by atoms with E-state index in [1.807, 2.05) is 31.3 Å². The summed E-state index contributed by atoms with van der Waals surface area (Å²) in [4.78, 5) is 4.39. The van der Waals surface area contributed by atoms with Gasteiger partial charge in [-0.1, -0.05) is 32.8 Å². The lowest BCUT2D eigenvalue weighted by Gasteiger charge is -2.06. The maximum atomic E-state index is 5.07. The van der Waals surface area contributed by atoms with Gasteiger partial charge in [0.15, 0.2) is 5.16 Å². The average Bonchev–Trinajstić information content (AvgIpc) is 3.06. The van der Waals surface area contributed by atoms with Crippen molar-refractivity contribution in [1.29, 1.82) is 0 Å². The second kappa shape index (κ2) is 5.85. The fourth-order valence-electron chi connectivity index (χ4n) is 1.82. The summed E-state index contributed by atoms with van der Waals surface area (Å²) in [6, 6.07) is 10.1. The minimum absolute atomic E-state index is 0.741. The molecule has 0 unspecified atom stereocenters. The highest BCUT2D eigenvalue weighted by Crippen LogP contribution is 2.24. The van der Waals surface area contributed by atoms with Gasteiger partial charge >= 0.3 is 0 Å². The van der Waals surface area contributed by atoms with E-state index in [2.05, 4.69) is 42.8 Å². The topological polar surface area (TPSA) is 43.9 Å². The molecule has 0 aliphatic heterocycles. The zero-order valence-electron chi connectivity index (χ0n) is 10.8. The van der Waals surface area contributed by atoms with Crippen molar-refractivity contribution in [2.75, 3.05) is 0 Å². The van der Waals surface area contributed by atoms with Crippen LogP contribution in [0, 0.1) is 6.92 Å². The Morgan fingerprint density at radius 2 is 2.10 bits per heavy atom. The van der Waals surface area contributed by atoms with Gasteiger partial charge in [-0.25, -0.2) is 4.98 Å². The smallest absolute Gasteiger partial charge is 0.172 e. The Bertz CT molecular complexity index is 705. The molecule has 0 bridgehead atoms. The normalized spacial score (nSPS) is 10.9. The van der Waals surface area contributed by atoms with E-state index in [9.17, 15) is 0 Å². The first-order valence-electron chi connectivity index (χ1n) is 6.06. The number of benzene rings is 1. The maximum absolute atomic E-state index is 5.07. The first kappa shape index (κ1) is 13.5. The van der Waals surface area contributed by atoms with Gasteiger partial charge in [0.1, 0.15) is 5.76 Å². The largest absolute Gasteiger partial charge is 0.361 e. The number of imidazole rings is 1. The van der Waals surface area contributed by atoms with Crippen LogP contribution in [0.15, 0.2) is 56.9 Å². The first-order chi connectivity index (χ1) is 9.72. The van der Waals surface area contributed by atoms with E-state index in [1.165, 1.54) is 0 Å². The van der Waals surface area contributed by atoms with Crippen LogP contribution in [-0.4, -0.2) is 14.7 Å². The molecule has 0 amide bonds. The van der Waals surface area contributed by atoms with Crippen molar-refractivity contribution in [2.24, 2.45) is 0 Å². The van der Waals surface area contributed by atoms with Gasteiger partial charge in [0, 0.05) is 34.4 Å². The van der Waals surface area contributed by atoms with Crippen LogP contribution in [-0.2, 0) is 5.75 Å². The van der Waals surface area contributed by atoms with E-state index in [4.69, 9.17) is 4.52 Å². The molecule has 20 heavy (non-hydrogen) atoms. The van der Waals surface area contributed by atoms with Crippen LogP contribution >= 0.6 is 27.7 Å². The number of aromatic nitrogens is 3. The molecule has 2 heterocycles. The van der Waals surface area contributed by atoms with Gasteiger partial charge in [-0.05, 0) is 31.2 Å². The summed E-state index contributed by atoms with van der Waals surface area (Å²) in [5.74, 6) is 1.57. The van der Waals surface area contributed by atoms with Crippen molar-refractivity contribution in [1.82, 2.24) is 14.7 Å². The Labute approximate surface area is 129 Å². The third-order valence-electron chi connectivity index (χ3n) is 2.74. The number of nitrogens with zero attached hydrogens (tertiary/aromatic N) is 3. The standard InChI is InChI=1S/C14H12BrN3OS/c1-10-8-12(17-19-10)9-20-14-16-6-7-18(14)13-4-2-11(15)3-5-13/h2-8H,9H2,1H3. The Morgan fingerprint density at radius 1 is 1.30 bits per heavy atom. The summed E-state index contributed by atoms with van der Waals surface area (Å²) >= 11 is 5.08. The van der Waals surface area contributed by atoms with Crippen molar-refractivity contribution in [2.45, 2.75) is 17.8 Å². The quantitative estimate of drug-likeness (QED) is 0.661. The Balaban J connectivity index is 1.78. The summed E-state index contributed by atoms with van der Waals surface area (Å²) in [6.07, 6.45) is 3.76. The fourth-order valence-corrected chi connectivity index (χ4v) is 2.94.